The second-order valence-corrected chi connectivity index (χ2v) is 9.51. The van der Waals surface area contributed by atoms with Crippen molar-refractivity contribution >= 4 is 28.2 Å². The van der Waals surface area contributed by atoms with Crippen LogP contribution < -0.4 is 5.73 Å². The van der Waals surface area contributed by atoms with E-state index >= 15 is 0 Å². The molecule has 0 spiro atoms. The fourth-order valence-corrected chi connectivity index (χ4v) is 4.30. The number of nitriles is 1. The summed E-state index contributed by atoms with van der Waals surface area (Å²) < 4.78 is 50.5. The highest BCUT2D eigenvalue weighted by Gasteiger charge is 2.47. The van der Waals surface area contributed by atoms with E-state index in [0.29, 0.717) is 5.56 Å². The van der Waals surface area contributed by atoms with Gasteiger partial charge in [-0.3, -0.25) is 4.79 Å². The molecule has 150 valence electrons. The summed E-state index contributed by atoms with van der Waals surface area (Å²) in [5, 5.41) is 9.06. The summed E-state index contributed by atoms with van der Waals surface area (Å²) in [5.41, 5.74) is 6.30. The van der Waals surface area contributed by atoms with Crippen LogP contribution in [0.4, 0.5) is 8.78 Å². The topological polar surface area (TPSA) is 104 Å². The lowest BCUT2D eigenvalue weighted by Gasteiger charge is -2.33. The summed E-state index contributed by atoms with van der Waals surface area (Å²) in [6.07, 6.45) is -1.45. The van der Waals surface area contributed by atoms with Gasteiger partial charge in [0.05, 0.1) is 23.1 Å². The molecule has 1 saturated heterocycles. The molecule has 3 atom stereocenters. The van der Waals surface area contributed by atoms with Crippen molar-refractivity contribution in [2.45, 2.75) is 49.0 Å². The first-order valence-corrected chi connectivity index (χ1v) is 9.71. The monoisotopic (exact) mass is 421 g/mol. The Labute approximate surface area is 163 Å². The van der Waals surface area contributed by atoms with Crippen molar-refractivity contribution in [1.29, 1.82) is 5.26 Å². The minimum Gasteiger partial charge on any atom is -0.322 e. The van der Waals surface area contributed by atoms with Crippen LogP contribution in [0.5, 0.6) is 0 Å². The number of sulfone groups is 1. The number of hydrogen-bond acceptors (Lipinski definition) is 5. The molecule has 3 unspecified atom stereocenters. The highest BCUT2D eigenvalue weighted by molar-refractivity contribution is 7.92. The summed E-state index contributed by atoms with van der Waals surface area (Å²) in [6.45, 7) is 2.36. The smallest absolute Gasteiger partial charge is 0.242 e. The van der Waals surface area contributed by atoms with E-state index in [9.17, 15) is 22.0 Å². The lowest BCUT2D eigenvalue weighted by atomic mass is 10.0. The highest BCUT2D eigenvalue weighted by Crippen LogP contribution is 2.28. The van der Waals surface area contributed by atoms with E-state index in [2.05, 4.69) is 0 Å². The van der Waals surface area contributed by atoms with Crippen LogP contribution in [0.25, 0.3) is 0 Å². The number of carbonyl (C=O) groups is 1. The minimum atomic E-state index is -3.91. The van der Waals surface area contributed by atoms with E-state index in [-0.39, 0.29) is 25.4 Å². The number of nitrogens with two attached hydrogens (primary N) is 1. The van der Waals surface area contributed by atoms with Gasteiger partial charge in [-0.15, -0.1) is 12.4 Å². The first-order chi connectivity index (χ1) is 12.0. The largest absolute Gasteiger partial charge is 0.322 e. The number of alkyl halides is 1. The Morgan fingerprint density at radius 1 is 1.41 bits per heavy atom. The summed E-state index contributed by atoms with van der Waals surface area (Å²) >= 11 is 0. The molecule has 6 nitrogen and oxygen atoms in total. The first kappa shape index (κ1) is 23.3. The van der Waals surface area contributed by atoms with Crippen LogP contribution in [0.1, 0.15) is 25.8 Å². The number of halogens is 3. The highest BCUT2D eigenvalue weighted by atomic mass is 35.5. The molecular formula is C17H22ClF2N3O3S. The molecule has 1 aromatic carbocycles. The van der Waals surface area contributed by atoms with Gasteiger partial charge in [0.15, 0.2) is 9.84 Å². The average Bonchev–Trinajstić information content (AvgIpc) is 2.96. The quantitative estimate of drug-likeness (QED) is 0.779. The van der Waals surface area contributed by atoms with Crippen molar-refractivity contribution < 1.29 is 22.0 Å². The Balaban J connectivity index is 0.00000364. The zero-order valence-electron chi connectivity index (χ0n) is 14.9. The predicted molar refractivity (Wildman–Crippen MR) is 99.0 cm³/mol. The maximum Gasteiger partial charge on any atom is 0.242 e. The van der Waals surface area contributed by atoms with Crippen LogP contribution in [-0.2, 0) is 20.4 Å². The maximum atomic E-state index is 13.6. The van der Waals surface area contributed by atoms with Crippen molar-refractivity contribution in [2.75, 3.05) is 6.54 Å². The lowest BCUT2D eigenvalue weighted by molar-refractivity contribution is -0.133. The van der Waals surface area contributed by atoms with E-state index < -0.39 is 50.3 Å². The van der Waals surface area contributed by atoms with Gasteiger partial charge in [-0.1, -0.05) is 12.1 Å². The van der Waals surface area contributed by atoms with E-state index in [1.54, 1.807) is 0 Å². The number of likely N-dealkylation sites (tertiary alicyclic amines) is 1. The van der Waals surface area contributed by atoms with Crippen LogP contribution in [0, 0.1) is 17.1 Å². The molecule has 27 heavy (non-hydrogen) atoms. The Morgan fingerprint density at radius 2 is 1.96 bits per heavy atom. The van der Waals surface area contributed by atoms with Gasteiger partial charge in [0, 0.05) is 6.42 Å². The Hall–Kier alpha value is -1.76. The number of hydrogen-bond donors (Lipinski definition) is 1. The van der Waals surface area contributed by atoms with Gasteiger partial charge in [-0.25, -0.2) is 17.2 Å². The second kappa shape index (κ2) is 8.50. The third-order valence-corrected chi connectivity index (χ3v) is 7.34. The first-order valence-electron chi connectivity index (χ1n) is 8.06. The van der Waals surface area contributed by atoms with Crippen molar-refractivity contribution in [3.05, 3.63) is 35.6 Å². The molecule has 2 rings (SSSR count). The number of nitrogens with zero attached hydrogens (tertiary/aromatic N) is 2. The van der Waals surface area contributed by atoms with Crippen molar-refractivity contribution in [2.24, 2.45) is 5.73 Å². The van der Waals surface area contributed by atoms with Crippen LogP contribution >= 0.6 is 12.4 Å². The zero-order chi connectivity index (χ0) is 19.7. The average molecular weight is 422 g/mol. The fraction of sp³-hybridized carbons (Fsp3) is 0.529. The zero-order valence-corrected chi connectivity index (χ0v) is 16.6. The van der Waals surface area contributed by atoms with Crippen molar-refractivity contribution in [3.8, 4) is 6.07 Å². The molecular weight excluding hydrogens is 400 g/mol. The third-order valence-electron chi connectivity index (χ3n) is 4.77. The summed E-state index contributed by atoms with van der Waals surface area (Å²) in [5.74, 6) is -1.69. The van der Waals surface area contributed by atoms with Gasteiger partial charge in [-0.2, -0.15) is 5.26 Å². The van der Waals surface area contributed by atoms with Crippen molar-refractivity contribution in [1.82, 2.24) is 4.90 Å². The van der Waals surface area contributed by atoms with Gasteiger partial charge in [0.1, 0.15) is 24.1 Å². The molecule has 0 bridgehead atoms. The van der Waals surface area contributed by atoms with E-state index in [1.807, 2.05) is 6.07 Å². The van der Waals surface area contributed by atoms with Crippen molar-refractivity contribution in [3.63, 3.8) is 0 Å². The van der Waals surface area contributed by atoms with Gasteiger partial charge < -0.3 is 10.6 Å². The summed E-state index contributed by atoms with van der Waals surface area (Å²) in [4.78, 5) is 13.6. The van der Waals surface area contributed by atoms with E-state index in [0.717, 1.165) is 17.0 Å². The summed E-state index contributed by atoms with van der Waals surface area (Å²) in [7, 11) is -3.91. The normalized spacial score (nSPS) is 21.3. The number of rotatable bonds is 5. The van der Waals surface area contributed by atoms with Crippen LogP contribution in [0.2, 0.25) is 0 Å². The molecule has 1 heterocycles. The Morgan fingerprint density at radius 3 is 2.48 bits per heavy atom. The van der Waals surface area contributed by atoms with Gasteiger partial charge in [0.25, 0.3) is 0 Å². The lowest BCUT2D eigenvalue weighted by Crippen LogP contribution is -2.59. The third kappa shape index (κ3) is 4.75. The van der Waals surface area contributed by atoms with Crippen LogP contribution in [0.15, 0.2) is 24.3 Å². The molecule has 2 N–H and O–H groups in total. The van der Waals surface area contributed by atoms with E-state index in [4.69, 9.17) is 11.0 Å². The van der Waals surface area contributed by atoms with Gasteiger partial charge >= 0.3 is 0 Å². The molecule has 0 radical (unpaired) electrons. The molecule has 1 amide bonds. The second-order valence-electron chi connectivity index (χ2n) is 6.94. The predicted octanol–water partition coefficient (Wildman–Crippen LogP) is 1.73. The molecule has 1 aliphatic heterocycles. The minimum absolute atomic E-state index is 0. The molecule has 0 aromatic heterocycles. The fourth-order valence-electron chi connectivity index (χ4n) is 2.81. The number of carbonyl (C=O) groups excluding carboxylic acids is 1. The van der Waals surface area contributed by atoms with Crippen LogP contribution in [-0.4, -0.2) is 48.8 Å². The molecule has 1 aliphatic rings. The Bertz CT molecular complexity index is 825. The number of amides is 1. The molecule has 0 aliphatic carbocycles. The molecule has 10 heteroatoms. The van der Waals surface area contributed by atoms with E-state index in [1.165, 1.54) is 26.0 Å². The molecule has 1 fully saturated rings. The molecule has 0 saturated carbocycles. The summed E-state index contributed by atoms with van der Waals surface area (Å²) in [6, 6.07) is 4.39. The van der Waals surface area contributed by atoms with Gasteiger partial charge in [0.2, 0.25) is 5.91 Å². The van der Waals surface area contributed by atoms with Gasteiger partial charge in [-0.05, 0) is 31.5 Å². The van der Waals surface area contributed by atoms with Crippen LogP contribution in [0.3, 0.4) is 0 Å². The molecule has 1 aromatic rings. The number of benzene rings is 1. The maximum absolute atomic E-state index is 13.6. The SMILES string of the molecule is CC(C)(C(N)C(=O)N1CC(F)CC1C#N)S(=O)(=O)Cc1ccc(F)cc1.Cl. The Kier molecular flexibility index (Phi) is 7.33. The standard InChI is InChI=1S/C17H21F2N3O3S.ClH/c1-17(2,26(24,25)10-11-3-5-12(18)6-4-11)15(21)16(23)22-9-13(19)7-14(22)8-20;/h3-6,13-15H,7,9-10,21H2,1-2H3;1H.